The molecule has 0 spiro atoms. The maximum Gasteiger partial charge on any atom is 0.471 e. The summed E-state index contributed by atoms with van der Waals surface area (Å²) in [6.45, 7) is 14.4. The number of nitrogens with one attached hydrogen (secondary N) is 1. The van der Waals surface area contributed by atoms with Gasteiger partial charge in [0, 0.05) is 30.0 Å². The van der Waals surface area contributed by atoms with E-state index in [1.807, 2.05) is 41.5 Å². The third kappa shape index (κ3) is 7.88. The molecule has 3 radical (unpaired) electrons. The van der Waals surface area contributed by atoms with Crippen molar-refractivity contribution in [3.63, 3.8) is 0 Å². The molecular formula is C32H41F3N7O6Si. The second kappa shape index (κ2) is 12.9. The van der Waals surface area contributed by atoms with Crippen molar-refractivity contribution >= 4 is 39.2 Å². The number of nitrogens with two attached hydrogens (primary N) is 1. The van der Waals surface area contributed by atoms with E-state index in [9.17, 15) is 33.2 Å². The molecule has 13 nitrogen and oxygen atoms in total. The van der Waals surface area contributed by atoms with Gasteiger partial charge in [-0.05, 0) is 46.1 Å². The summed E-state index contributed by atoms with van der Waals surface area (Å²) in [5.41, 5.74) is 3.10. The van der Waals surface area contributed by atoms with E-state index in [0.717, 1.165) is 0 Å². The Morgan fingerprint density at radius 3 is 2.51 bits per heavy atom. The van der Waals surface area contributed by atoms with Crippen molar-refractivity contribution < 1.29 is 37.5 Å². The lowest BCUT2D eigenvalue weighted by molar-refractivity contribution is -0.385. The van der Waals surface area contributed by atoms with Crippen molar-refractivity contribution in [3.05, 3.63) is 39.4 Å². The van der Waals surface area contributed by atoms with E-state index < -0.39 is 63.4 Å². The molecule has 1 saturated heterocycles. The van der Waals surface area contributed by atoms with Gasteiger partial charge < -0.3 is 30.5 Å². The zero-order valence-corrected chi connectivity index (χ0v) is 29.7. The highest BCUT2D eigenvalue weighted by molar-refractivity contribution is 6.49. The Bertz CT molecular complexity index is 1680. The fraction of sp³-hybridized carbons (Fsp3) is 0.625. The van der Waals surface area contributed by atoms with E-state index in [4.69, 9.17) is 20.2 Å². The van der Waals surface area contributed by atoms with Crippen LogP contribution in [0.3, 0.4) is 0 Å². The molecule has 49 heavy (non-hydrogen) atoms. The van der Waals surface area contributed by atoms with E-state index in [2.05, 4.69) is 32.1 Å². The standard InChI is InChI=1S/C32H41F3N7O6Si/c1-18-38-25-24(39-19(2)41(25)31(49)17-29(44,27(3,4)5)23(48-31)16-47-28(6,7)8)30(36,40-18)15-21-12-11-20(14-22(21)42(45)46)10-9-13-37-26(43)32(33,34)35/h11-12,14,19,23,44H,13,15-17,36H2,1-8H3,(H,37,43)/t19?,23-,29+,30?,31+/m1/s1. The Morgan fingerprint density at radius 2 is 1.94 bits per heavy atom. The van der Waals surface area contributed by atoms with Gasteiger partial charge in [0.1, 0.15) is 45.0 Å². The molecule has 3 heterocycles. The molecule has 4 rings (SSSR count). The van der Waals surface area contributed by atoms with Crippen molar-refractivity contribution in [2.24, 2.45) is 26.1 Å². The monoisotopic (exact) mass is 704 g/mol. The number of fused-ring (bicyclic) bond motifs is 1. The Hall–Kier alpha value is -3.69. The SMILES string of the molecule is CC1=NC(N)(Cc2ccc(C#CCNC(=O)C(F)(F)F)cc2[N+](=O)[O-])C2=NC(C)N([C@@]3([Si])C[C@@](O)(C(C)(C)C)[C@@H](COC(C)(C)C)O3)C2=N1. The highest BCUT2D eigenvalue weighted by Crippen LogP contribution is 2.50. The number of aliphatic hydroxyl groups is 1. The first kappa shape index (κ1) is 38.1. The van der Waals surface area contributed by atoms with Crippen LogP contribution in [0.2, 0.25) is 0 Å². The van der Waals surface area contributed by atoms with E-state index in [-0.39, 0.29) is 47.8 Å². The molecular weight excluding hydrogens is 663 g/mol. The summed E-state index contributed by atoms with van der Waals surface area (Å²) in [6.07, 6.45) is -6.47. The largest absolute Gasteiger partial charge is 0.471 e. The van der Waals surface area contributed by atoms with Crippen molar-refractivity contribution in [3.8, 4) is 11.8 Å². The molecule has 0 saturated carbocycles. The van der Waals surface area contributed by atoms with Crippen LogP contribution in [0.4, 0.5) is 18.9 Å². The molecule has 0 aliphatic carbocycles. The molecule has 265 valence electrons. The summed E-state index contributed by atoms with van der Waals surface area (Å²) >= 11 is 0. The molecule has 1 fully saturated rings. The van der Waals surface area contributed by atoms with Crippen LogP contribution in [0.1, 0.15) is 72.9 Å². The number of aliphatic imine (C=N–C) groups is 3. The number of carbonyl (C=O) groups is 1. The summed E-state index contributed by atoms with van der Waals surface area (Å²) < 4.78 is 49.9. The van der Waals surface area contributed by atoms with Crippen molar-refractivity contribution in [1.82, 2.24) is 10.2 Å². The molecule has 2 unspecified atom stereocenters. The van der Waals surface area contributed by atoms with Crippen LogP contribution in [-0.2, 0) is 20.7 Å². The number of hydrogen-bond donors (Lipinski definition) is 3. The number of nitro benzene ring substituents is 1. The van der Waals surface area contributed by atoms with Crippen LogP contribution in [-0.4, -0.2) is 102 Å². The fourth-order valence-corrected chi connectivity index (χ4v) is 6.69. The molecule has 1 aromatic carbocycles. The number of amides is 1. The molecule has 4 N–H and O–H groups in total. The van der Waals surface area contributed by atoms with E-state index in [1.54, 1.807) is 24.1 Å². The summed E-state index contributed by atoms with van der Waals surface area (Å²) in [7, 11) is 3.85. The van der Waals surface area contributed by atoms with Gasteiger partial charge >= 0.3 is 12.1 Å². The van der Waals surface area contributed by atoms with Crippen molar-refractivity contribution in [2.45, 2.75) is 109 Å². The zero-order chi connectivity index (χ0) is 37.0. The smallest absolute Gasteiger partial charge is 0.386 e. The second-order valence-electron chi connectivity index (χ2n) is 14.4. The van der Waals surface area contributed by atoms with Crippen LogP contribution < -0.4 is 11.1 Å². The minimum absolute atomic E-state index is 0.104. The number of rotatable bonds is 7. The molecule has 0 bridgehead atoms. The Kier molecular flexibility index (Phi) is 10.0. The highest BCUT2D eigenvalue weighted by atomic mass is 28.1. The summed E-state index contributed by atoms with van der Waals surface area (Å²) in [6, 6.07) is 4.06. The van der Waals surface area contributed by atoms with Crippen LogP contribution >= 0.6 is 0 Å². The fourth-order valence-electron chi connectivity index (χ4n) is 5.99. The first-order valence-electron chi connectivity index (χ1n) is 15.5. The van der Waals surface area contributed by atoms with Gasteiger partial charge in [-0.1, -0.05) is 38.7 Å². The molecule has 1 amide bonds. The van der Waals surface area contributed by atoms with Gasteiger partial charge in [0.25, 0.3) is 5.69 Å². The van der Waals surface area contributed by atoms with Gasteiger partial charge in [-0.3, -0.25) is 19.9 Å². The van der Waals surface area contributed by atoms with Gasteiger partial charge in [0.2, 0.25) is 0 Å². The predicted molar refractivity (Wildman–Crippen MR) is 177 cm³/mol. The van der Waals surface area contributed by atoms with E-state index in [0.29, 0.717) is 5.84 Å². The van der Waals surface area contributed by atoms with Crippen molar-refractivity contribution in [1.29, 1.82) is 0 Å². The summed E-state index contributed by atoms with van der Waals surface area (Å²) in [4.78, 5) is 38.3. The number of carbonyl (C=O) groups excluding carboxylic acids is 1. The Balaban J connectivity index is 1.63. The van der Waals surface area contributed by atoms with Gasteiger partial charge in [0.15, 0.2) is 11.5 Å². The second-order valence-corrected chi connectivity index (χ2v) is 15.2. The topological polar surface area (TPSA) is 177 Å². The molecule has 3 aliphatic heterocycles. The molecule has 3 aliphatic rings. The van der Waals surface area contributed by atoms with Crippen LogP contribution in [0.5, 0.6) is 0 Å². The number of alkyl halides is 3. The molecule has 5 atom stereocenters. The first-order chi connectivity index (χ1) is 22.3. The number of amidine groups is 2. The number of nitrogens with zero attached hydrogens (tertiary/aromatic N) is 5. The normalized spacial score (nSPS) is 28.6. The minimum Gasteiger partial charge on any atom is -0.386 e. The minimum atomic E-state index is -5.05. The van der Waals surface area contributed by atoms with Gasteiger partial charge in [0.05, 0.1) is 23.7 Å². The molecule has 0 aromatic heterocycles. The first-order valence-corrected chi connectivity index (χ1v) is 16.0. The third-order valence-corrected chi connectivity index (χ3v) is 9.01. The lowest BCUT2D eigenvalue weighted by Gasteiger charge is -2.42. The maximum absolute atomic E-state index is 12.4. The number of halogens is 3. The van der Waals surface area contributed by atoms with E-state index >= 15 is 0 Å². The lowest BCUT2D eigenvalue weighted by atomic mass is 9.72. The Labute approximate surface area is 286 Å². The number of hydrogen-bond acceptors (Lipinski definition) is 11. The number of ether oxygens (including phenoxy) is 2. The zero-order valence-electron chi connectivity index (χ0n) is 28.7. The summed E-state index contributed by atoms with van der Waals surface area (Å²) in [5.74, 6) is 3.35. The Morgan fingerprint density at radius 1 is 1.29 bits per heavy atom. The predicted octanol–water partition coefficient (Wildman–Crippen LogP) is 2.96. The van der Waals surface area contributed by atoms with Gasteiger partial charge in [-0.15, -0.1) is 0 Å². The highest BCUT2D eigenvalue weighted by Gasteiger charge is 2.63. The van der Waals surface area contributed by atoms with Crippen LogP contribution in [0.25, 0.3) is 0 Å². The quantitative estimate of drug-likeness (QED) is 0.168. The van der Waals surface area contributed by atoms with Crippen molar-refractivity contribution in [2.75, 3.05) is 13.2 Å². The van der Waals surface area contributed by atoms with Gasteiger partial charge in [-0.2, -0.15) is 13.2 Å². The number of nitro groups is 1. The summed E-state index contributed by atoms with van der Waals surface area (Å²) in [5, 5.41) is 24.6. The van der Waals surface area contributed by atoms with E-state index in [1.165, 1.54) is 18.2 Å². The molecule has 17 heteroatoms. The van der Waals surface area contributed by atoms with Crippen LogP contribution in [0.15, 0.2) is 33.2 Å². The third-order valence-electron chi connectivity index (χ3n) is 8.47. The average Bonchev–Trinajstić information content (AvgIpc) is 3.43. The lowest BCUT2D eigenvalue weighted by Crippen LogP contribution is -2.60. The van der Waals surface area contributed by atoms with Crippen LogP contribution in [0, 0.1) is 27.4 Å². The maximum atomic E-state index is 12.4. The molecule has 1 aromatic rings. The van der Waals surface area contributed by atoms with Gasteiger partial charge in [-0.25, -0.2) is 9.98 Å². The average molecular weight is 705 g/mol. The number of benzene rings is 1.